The molecule has 0 saturated heterocycles. The van der Waals surface area contributed by atoms with Crippen molar-refractivity contribution in [3.8, 4) is 0 Å². The van der Waals surface area contributed by atoms with Crippen LogP contribution in [0.1, 0.15) is 13.3 Å². The van der Waals surface area contributed by atoms with E-state index in [1.54, 1.807) is 0 Å². The Morgan fingerprint density at radius 3 is 2.25 bits per heavy atom. The standard InChI is InChI=1S/C9H16F3NO2S/c1-2-3-14-4-5-15-6-7(8(13)16)9(10,11)12/h7H,2-6H2,1H3,(H2,13,16). The Labute approximate surface area is 98.1 Å². The van der Waals surface area contributed by atoms with Crippen molar-refractivity contribution >= 4 is 17.2 Å². The Kier molecular flexibility index (Phi) is 7.61. The maximum atomic E-state index is 12.3. The van der Waals surface area contributed by atoms with Gasteiger partial charge in [0.2, 0.25) is 0 Å². The second-order valence-electron chi connectivity index (χ2n) is 3.18. The molecule has 0 aliphatic rings. The van der Waals surface area contributed by atoms with Crippen molar-refractivity contribution in [1.82, 2.24) is 0 Å². The van der Waals surface area contributed by atoms with E-state index in [9.17, 15) is 13.2 Å². The van der Waals surface area contributed by atoms with Crippen molar-refractivity contribution < 1.29 is 22.6 Å². The topological polar surface area (TPSA) is 44.5 Å². The molecule has 0 aromatic carbocycles. The number of alkyl halides is 3. The van der Waals surface area contributed by atoms with Gasteiger partial charge in [0.25, 0.3) is 0 Å². The monoisotopic (exact) mass is 259 g/mol. The molecule has 0 saturated carbocycles. The molecule has 0 aliphatic carbocycles. The average molecular weight is 259 g/mol. The van der Waals surface area contributed by atoms with Gasteiger partial charge in [-0.1, -0.05) is 19.1 Å². The summed E-state index contributed by atoms with van der Waals surface area (Å²) >= 11 is 4.33. The molecule has 0 aromatic rings. The summed E-state index contributed by atoms with van der Waals surface area (Å²) in [5, 5.41) is 0. The van der Waals surface area contributed by atoms with Crippen LogP contribution in [0.4, 0.5) is 13.2 Å². The van der Waals surface area contributed by atoms with Gasteiger partial charge in [0.15, 0.2) is 0 Å². The van der Waals surface area contributed by atoms with Crippen molar-refractivity contribution in [2.75, 3.05) is 26.4 Å². The van der Waals surface area contributed by atoms with Crippen molar-refractivity contribution in [3.05, 3.63) is 0 Å². The fraction of sp³-hybridized carbons (Fsp3) is 0.889. The summed E-state index contributed by atoms with van der Waals surface area (Å²) in [5.41, 5.74) is 4.99. The number of rotatable bonds is 8. The summed E-state index contributed by atoms with van der Waals surface area (Å²) in [7, 11) is 0. The van der Waals surface area contributed by atoms with Crippen LogP contribution in [0.25, 0.3) is 0 Å². The zero-order valence-electron chi connectivity index (χ0n) is 9.05. The van der Waals surface area contributed by atoms with Crippen LogP contribution in [-0.2, 0) is 9.47 Å². The summed E-state index contributed by atoms with van der Waals surface area (Å²) in [6.45, 7) is 2.34. The minimum absolute atomic E-state index is 0.106. The Hall–Kier alpha value is -0.400. The van der Waals surface area contributed by atoms with Crippen LogP contribution >= 0.6 is 12.2 Å². The molecule has 0 rings (SSSR count). The third kappa shape index (κ3) is 6.97. The fourth-order valence-corrected chi connectivity index (χ4v) is 1.11. The number of ether oxygens (including phenoxy) is 2. The van der Waals surface area contributed by atoms with Gasteiger partial charge in [0.1, 0.15) is 5.92 Å². The Balaban J connectivity index is 3.75. The van der Waals surface area contributed by atoms with E-state index in [2.05, 4.69) is 12.2 Å². The molecule has 96 valence electrons. The highest BCUT2D eigenvalue weighted by Gasteiger charge is 2.41. The lowest BCUT2D eigenvalue weighted by atomic mass is 10.1. The van der Waals surface area contributed by atoms with E-state index in [1.165, 1.54) is 0 Å². The van der Waals surface area contributed by atoms with Gasteiger partial charge in [-0.2, -0.15) is 13.2 Å². The van der Waals surface area contributed by atoms with E-state index in [0.717, 1.165) is 6.42 Å². The quantitative estimate of drug-likeness (QED) is 0.534. The largest absolute Gasteiger partial charge is 0.400 e. The Morgan fingerprint density at radius 1 is 1.25 bits per heavy atom. The summed E-state index contributed by atoms with van der Waals surface area (Å²) in [5.74, 6) is -1.88. The van der Waals surface area contributed by atoms with Gasteiger partial charge in [-0.15, -0.1) is 0 Å². The summed E-state index contributed by atoms with van der Waals surface area (Å²) in [6, 6.07) is 0. The molecular formula is C9H16F3NO2S. The first kappa shape index (κ1) is 15.6. The second kappa shape index (κ2) is 7.81. The molecule has 0 fully saturated rings. The molecule has 1 atom stereocenters. The van der Waals surface area contributed by atoms with Crippen LogP contribution in [0.3, 0.4) is 0 Å². The van der Waals surface area contributed by atoms with Crippen LogP contribution in [0, 0.1) is 5.92 Å². The van der Waals surface area contributed by atoms with E-state index in [-0.39, 0.29) is 13.2 Å². The van der Waals surface area contributed by atoms with Crippen molar-refractivity contribution in [3.63, 3.8) is 0 Å². The Morgan fingerprint density at radius 2 is 1.81 bits per heavy atom. The molecule has 2 N–H and O–H groups in total. The van der Waals surface area contributed by atoms with Gasteiger partial charge in [-0.3, -0.25) is 0 Å². The van der Waals surface area contributed by atoms with Gasteiger partial charge in [-0.05, 0) is 6.42 Å². The molecular weight excluding hydrogens is 243 g/mol. The fourth-order valence-electron chi connectivity index (χ4n) is 0.903. The molecule has 3 nitrogen and oxygen atoms in total. The maximum Gasteiger partial charge on any atom is 0.400 e. The Bertz CT molecular complexity index is 211. The molecule has 0 radical (unpaired) electrons. The zero-order valence-corrected chi connectivity index (χ0v) is 9.87. The highest BCUT2D eigenvalue weighted by atomic mass is 32.1. The van der Waals surface area contributed by atoms with Crippen molar-refractivity contribution in [1.29, 1.82) is 0 Å². The third-order valence-corrected chi connectivity index (χ3v) is 2.03. The average Bonchev–Trinajstić information content (AvgIpc) is 2.13. The molecule has 16 heavy (non-hydrogen) atoms. The van der Waals surface area contributed by atoms with E-state index in [1.807, 2.05) is 6.92 Å². The summed E-state index contributed by atoms with van der Waals surface area (Å²) in [4.78, 5) is -0.595. The van der Waals surface area contributed by atoms with Gasteiger partial charge >= 0.3 is 6.18 Å². The number of hydrogen-bond donors (Lipinski definition) is 1. The van der Waals surface area contributed by atoms with Gasteiger partial charge < -0.3 is 15.2 Å². The number of hydrogen-bond acceptors (Lipinski definition) is 3. The predicted molar refractivity (Wildman–Crippen MR) is 58.3 cm³/mol. The first-order chi connectivity index (χ1) is 7.39. The molecule has 0 amide bonds. The van der Waals surface area contributed by atoms with Gasteiger partial charge in [0, 0.05) is 6.61 Å². The SMILES string of the molecule is CCCOCCOCC(C(N)=S)C(F)(F)F. The van der Waals surface area contributed by atoms with Gasteiger partial charge in [-0.25, -0.2) is 0 Å². The zero-order chi connectivity index (χ0) is 12.6. The molecule has 0 bridgehead atoms. The normalized spacial score (nSPS) is 13.8. The maximum absolute atomic E-state index is 12.3. The van der Waals surface area contributed by atoms with Crippen molar-refractivity contribution in [2.24, 2.45) is 11.7 Å². The van der Waals surface area contributed by atoms with Crippen LogP contribution in [0.5, 0.6) is 0 Å². The summed E-state index contributed by atoms with van der Waals surface area (Å²) in [6.07, 6.45) is -3.59. The number of halogens is 3. The van der Waals surface area contributed by atoms with E-state index in [0.29, 0.717) is 6.61 Å². The van der Waals surface area contributed by atoms with Crippen LogP contribution < -0.4 is 5.73 Å². The number of nitrogens with two attached hydrogens (primary N) is 1. The highest BCUT2D eigenvalue weighted by Crippen LogP contribution is 2.26. The lowest BCUT2D eigenvalue weighted by Gasteiger charge is -2.18. The minimum Gasteiger partial charge on any atom is -0.393 e. The minimum atomic E-state index is -4.45. The molecule has 0 aromatic heterocycles. The van der Waals surface area contributed by atoms with E-state index < -0.39 is 23.7 Å². The molecule has 0 heterocycles. The summed E-state index contributed by atoms with van der Waals surface area (Å²) < 4.78 is 46.8. The highest BCUT2D eigenvalue weighted by molar-refractivity contribution is 7.80. The van der Waals surface area contributed by atoms with Crippen LogP contribution in [-0.4, -0.2) is 37.6 Å². The molecule has 7 heteroatoms. The van der Waals surface area contributed by atoms with Crippen LogP contribution in [0.2, 0.25) is 0 Å². The molecule has 0 aliphatic heterocycles. The second-order valence-corrected chi connectivity index (χ2v) is 3.66. The van der Waals surface area contributed by atoms with Crippen molar-refractivity contribution in [2.45, 2.75) is 19.5 Å². The predicted octanol–water partition coefficient (Wildman–Crippen LogP) is 1.89. The first-order valence-electron chi connectivity index (χ1n) is 4.91. The van der Waals surface area contributed by atoms with Gasteiger partial charge in [0.05, 0.1) is 24.8 Å². The third-order valence-electron chi connectivity index (χ3n) is 1.74. The van der Waals surface area contributed by atoms with E-state index >= 15 is 0 Å². The molecule has 0 spiro atoms. The first-order valence-corrected chi connectivity index (χ1v) is 5.32. The number of thiocarbonyl (C=S) groups is 1. The lowest BCUT2D eigenvalue weighted by molar-refractivity contribution is -0.168. The van der Waals surface area contributed by atoms with E-state index in [4.69, 9.17) is 15.2 Å². The molecule has 1 unspecified atom stereocenters. The van der Waals surface area contributed by atoms with Crippen LogP contribution in [0.15, 0.2) is 0 Å². The smallest absolute Gasteiger partial charge is 0.393 e. The lowest BCUT2D eigenvalue weighted by Crippen LogP contribution is -2.38.